The Morgan fingerprint density at radius 2 is 2.00 bits per heavy atom. The maximum absolute atomic E-state index is 12.1. The second kappa shape index (κ2) is 7.58. The number of rotatable bonds is 3. The van der Waals surface area contributed by atoms with Crippen molar-refractivity contribution in [2.24, 2.45) is 0 Å². The highest BCUT2D eigenvalue weighted by Gasteiger charge is 2.45. The molecule has 5 atom stereocenters. The van der Waals surface area contributed by atoms with Crippen LogP contribution in [0, 0.1) is 0 Å². The molecule has 0 aliphatic carbocycles. The molecule has 1 aliphatic heterocycles. The number of aliphatic hydroxyl groups is 1. The summed E-state index contributed by atoms with van der Waals surface area (Å²) < 4.78 is 10.8. The highest BCUT2D eigenvalue weighted by Crippen LogP contribution is 2.29. The zero-order valence-corrected chi connectivity index (χ0v) is 14.9. The van der Waals surface area contributed by atoms with Crippen molar-refractivity contribution in [3.05, 3.63) is 30.3 Å². The van der Waals surface area contributed by atoms with Gasteiger partial charge in [0.2, 0.25) is 0 Å². The van der Waals surface area contributed by atoms with Gasteiger partial charge < -0.3 is 19.5 Å². The molecule has 0 aromatic heterocycles. The Balaban J connectivity index is 2.06. The predicted molar refractivity (Wildman–Crippen MR) is 92.2 cm³/mol. The number of amides is 1. The molecule has 1 aromatic rings. The normalized spacial score (nSPS) is 31.8. The van der Waals surface area contributed by atoms with Gasteiger partial charge in [-0.25, -0.2) is 4.79 Å². The quantitative estimate of drug-likeness (QED) is 0.579. The largest absolute Gasteiger partial charge is 0.441 e. The number of nitrogens with one attached hydrogen (secondary N) is 1. The Labute approximate surface area is 143 Å². The van der Waals surface area contributed by atoms with Crippen LogP contribution in [-0.2, 0) is 9.47 Å². The van der Waals surface area contributed by atoms with E-state index < -0.39 is 18.3 Å². The van der Waals surface area contributed by atoms with Gasteiger partial charge in [-0.1, -0.05) is 18.2 Å². The number of carbonyl (C=O) groups excluding carboxylic acids is 1. The Bertz CT molecular complexity index is 500. The molecule has 6 nitrogen and oxygen atoms in total. The molecular weight excluding hydrogens is 399 g/mol. The van der Waals surface area contributed by atoms with Crippen molar-refractivity contribution in [2.75, 3.05) is 19.4 Å². The number of benzene rings is 1. The minimum absolute atomic E-state index is 0.306. The molecule has 1 heterocycles. The highest BCUT2D eigenvalue weighted by molar-refractivity contribution is 14.1. The van der Waals surface area contributed by atoms with Crippen LogP contribution in [0.5, 0.6) is 0 Å². The lowest BCUT2D eigenvalue weighted by Crippen LogP contribution is -2.61. The molecule has 0 unspecified atom stereocenters. The molecule has 1 aromatic carbocycles. The third-order valence-electron chi connectivity index (χ3n) is 3.62. The Hall–Kier alpha value is -0.900. The summed E-state index contributed by atoms with van der Waals surface area (Å²) in [7, 11) is 3.70. The summed E-state index contributed by atoms with van der Waals surface area (Å²) in [6, 6.07) is 8.76. The standard InChI is InChI=1S/C15H21IN2O4/c1-9-13(11(18(2)3)12(19)14(16)21-9)22-15(20)17-10-7-5-4-6-8-10/h4-9,11-14,19H,1-3H3,(H,17,20)/t9-,11-,12-,13-,14-/m1/s1. The number of para-hydroxylation sites is 1. The summed E-state index contributed by atoms with van der Waals surface area (Å²) in [5, 5.41) is 13.0. The van der Waals surface area contributed by atoms with Crippen molar-refractivity contribution in [3.8, 4) is 0 Å². The molecular formula is C15H21IN2O4. The van der Waals surface area contributed by atoms with Crippen molar-refractivity contribution < 1.29 is 19.4 Å². The van der Waals surface area contributed by atoms with E-state index in [1.54, 1.807) is 12.1 Å². The third kappa shape index (κ3) is 4.09. The fraction of sp³-hybridized carbons (Fsp3) is 0.533. The number of carbonyl (C=O) groups is 1. The molecule has 1 aliphatic rings. The molecule has 122 valence electrons. The zero-order chi connectivity index (χ0) is 16.3. The van der Waals surface area contributed by atoms with E-state index >= 15 is 0 Å². The van der Waals surface area contributed by atoms with E-state index in [4.69, 9.17) is 9.47 Å². The van der Waals surface area contributed by atoms with Crippen LogP contribution >= 0.6 is 22.6 Å². The Morgan fingerprint density at radius 1 is 1.36 bits per heavy atom. The smallest absolute Gasteiger partial charge is 0.412 e. The maximum atomic E-state index is 12.1. The zero-order valence-electron chi connectivity index (χ0n) is 12.8. The minimum atomic E-state index is -0.735. The third-order valence-corrected chi connectivity index (χ3v) is 4.65. The van der Waals surface area contributed by atoms with E-state index in [9.17, 15) is 9.90 Å². The fourth-order valence-corrected chi connectivity index (χ4v) is 3.44. The molecule has 0 spiro atoms. The second-order valence-electron chi connectivity index (χ2n) is 5.50. The number of alkyl halides is 1. The van der Waals surface area contributed by atoms with Crippen LogP contribution in [0.15, 0.2) is 30.3 Å². The fourth-order valence-electron chi connectivity index (χ4n) is 2.55. The van der Waals surface area contributed by atoms with Crippen LogP contribution in [0.25, 0.3) is 0 Å². The first kappa shape index (κ1) is 17.5. The maximum Gasteiger partial charge on any atom is 0.412 e. The average molecular weight is 420 g/mol. The summed E-state index contributed by atoms with van der Waals surface area (Å²) in [6.07, 6.45) is -2.15. The van der Waals surface area contributed by atoms with Gasteiger partial charge in [-0.3, -0.25) is 5.32 Å². The molecule has 2 rings (SSSR count). The molecule has 1 amide bonds. The van der Waals surface area contributed by atoms with E-state index in [1.807, 2.05) is 44.1 Å². The van der Waals surface area contributed by atoms with Crippen molar-refractivity contribution >= 4 is 34.4 Å². The molecule has 22 heavy (non-hydrogen) atoms. The predicted octanol–water partition coefficient (Wildman–Crippen LogP) is 2.07. The van der Waals surface area contributed by atoms with Gasteiger partial charge in [0.05, 0.1) is 12.1 Å². The first-order valence-electron chi connectivity index (χ1n) is 7.07. The lowest BCUT2D eigenvalue weighted by molar-refractivity contribution is -0.162. The van der Waals surface area contributed by atoms with Gasteiger partial charge in [-0.15, -0.1) is 0 Å². The number of nitrogens with zero attached hydrogens (tertiary/aromatic N) is 1. The molecule has 0 radical (unpaired) electrons. The van der Waals surface area contributed by atoms with Gasteiger partial charge in [-0.05, 0) is 55.7 Å². The van der Waals surface area contributed by atoms with Gasteiger partial charge in [0.25, 0.3) is 0 Å². The Morgan fingerprint density at radius 3 is 2.59 bits per heavy atom. The van der Waals surface area contributed by atoms with Crippen LogP contribution in [0.2, 0.25) is 0 Å². The highest BCUT2D eigenvalue weighted by atomic mass is 127. The summed E-state index contributed by atoms with van der Waals surface area (Å²) >= 11 is 2.05. The van der Waals surface area contributed by atoms with Crippen LogP contribution in [-0.4, -0.2) is 58.7 Å². The lowest BCUT2D eigenvalue weighted by Gasteiger charge is -2.44. The molecule has 0 bridgehead atoms. The summed E-state index contributed by atoms with van der Waals surface area (Å²) in [6.45, 7) is 1.84. The SMILES string of the molecule is C[C@H]1O[C@@H](I)[C@H](O)[C@@H](N(C)C)[C@@H]1OC(=O)Nc1ccccc1. The van der Waals surface area contributed by atoms with Gasteiger partial charge in [0.15, 0.2) is 0 Å². The number of ether oxygens (including phenoxy) is 2. The summed E-state index contributed by atoms with van der Waals surface area (Å²) in [5.74, 6) is 0. The second-order valence-corrected chi connectivity index (χ2v) is 6.73. The monoisotopic (exact) mass is 420 g/mol. The first-order chi connectivity index (χ1) is 10.4. The molecule has 1 fully saturated rings. The first-order valence-corrected chi connectivity index (χ1v) is 8.31. The van der Waals surface area contributed by atoms with E-state index in [2.05, 4.69) is 27.9 Å². The van der Waals surface area contributed by atoms with Crippen LogP contribution in [0.4, 0.5) is 10.5 Å². The number of aliphatic hydroxyl groups excluding tert-OH is 1. The van der Waals surface area contributed by atoms with E-state index in [0.717, 1.165) is 0 Å². The van der Waals surface area contributed by atoms with Crippen LogP contribution in [0.1, 0.15) is 6.92 Å². The van der Waals surface area contributed by atoms with Crippen molar-refractivity contribution in [1.82, 2.24) is 4.90 Å². The summed E-state index contributed by atoms with van der Waals surface area (Å²) in [5.41, 5.74) is 0.658. The average Bonchev–Trinajstić information content (AvgIpc) is 2.45. The van der Waals surface area contributed by atoms with Crippen molar-refractivity contribution in [2.45, 2.75) is 35.4 Å². The van der Waals surface area contributed by atoms with Gasteiger partial charge >= 0.3 is 6.09 Å². The number of hydrogen-bond donors (Lipinski definition) is 2. The lowest BCUT2D eigenvalue weighted by atomic mass is 9.97. The number of anilines is 1. The topological polar surface area (TPSA) is 71.0 Å². The number of likely N-dealkylation sites (N-methyl/N-ethyl adjacent to an activating group) is 1. The Kier molecular flexibility index (Phi) is 6.01. The molecule has 7 heteroatoms. The van der Waals surface area contributed by atoms with Crippen LogP contribution < -0.4 is 5.32 Å². The van der Waals surface area contributed by atoms with Crippen LogP contribution in [0.3, 0.4) is 0 Å². The molecule has 1 saturated heterocycles. The van der Waals surface area contributed by atoms with Crippen molar-refractivity contribution in [1.29, 1.82) is 0 Å². The van der Waals surface area contributed by atoms with Gasteiger partial charge in [0, 0.05) is 5.69 Å². The molecule has 0 saturated carbocycles. The number of halogens is 1. The minimum Gasteiger partial charge on any atom is -0.441 e. The number of hydrogen-bond acceptors (Lipinski definition) is 5. The summed E-state index contributed by atoms with van der Waals surface area (Å²) in [4.78, 5) is 13.9. The van der Waals surface area contributed by atoms with Gasteiger partial charge in [-0.2, -0.15) is 0 Å². The molecule has 2 N–H and O–H groups in total. The van der Waals surface area contributed by atoms with Crippen molar-refractivity contribution in [3.63, 3.8) is 0 Å². The van der Waals surface area contributed by atoms with Gasteiger partial charge in [0.1, 0.15) is 16.3 Å². The van der Waals surface area contributed by atoms with E-state index in [1.165, 1.54) is 0 Å². The van der Waals surface area contributed by atoms with E-state index in [0.29, 0.717) is 5.69 Å². The van der Waals surface area contributed by atoms with E-state index in [-0.39, 0.29) is 16.3 Å².